The van der Waals surface area contributed by atoms with E-state index in [1.165, 1.54) is 11.1 Å². The maximum absolute atomic E-state index is 12.1. The fourth-order valence-corrected chi connectivity index (χ4v) is 3.32. The molecule has 5 heteroatoms. The molecule has 0 saturated carbocycles. The molecular formula is C15H18N2O3. The van der Waals surface area contributed by atoms with Gasteiger partial charge in [0.1, 0.15) is 0 Å². The van der Waals surface area contributed by atoms with Crippen molar-refractivity contribution in [1.82, 2.24) is 10.6 Å². The van der Waals surface area contributed by atoms with Crippen LogP contribution in [0.2, 0.25) is 0 Å². The molecule has 1 atom stereocenters. The van der Waals surface area contributed by atoms with Gasteiger partial charge >= 0.3 is 0 Å². The molecule has 0 aromatic heterocycles. The number of amides is 1. The normalized spacial score (nSPS) is 23.9. The van der Waals surface area contributed by atoms with E-state index < -0.39 is 0 Å². The van der Waals surface area contributed by atoms with Crippen molar-refractivity contribution < 1.29 is 14.3 Å². The smallest absolute Gasteiger partial charge is 0.237 e. The first-order chi connectivity index (χ1) is 9.79. The molecule has 1 aromatic carbocycles. The summed E-state index contributed by atoms with van der Waals surface area (Å²) in [5.74, 6) is 1.79. The molecule has 0 bridgehead atoms. The van der Waals surface area contributed by atoms with E-state index in [0.29, 0.717) is 6.79 Å². The van der Waals surface area contributed by atoms with Crippen molar-refractivity contribution >= 4 is 5.91 Å². The topological polar surface area (TPSA) is 59.6 Å². The third-order valence-electron chi connectivity index (χ3n) is 4.35. The highest BCUT2D eigenvalue weighted by Crippen LogP contribution is 2.37. The summed E-state index contributed by atoms with van der Waals surface area (Å²) in [4.78, 5) is 12.1. The Morgan fingerprint density at radius 3 is 2.50 bits per heavy atom. The molecular weight excluding hydrogens is 256 g/mol. The van der Waals surface area contributed by atoms with E-state index in [1.54, 1.807) is 0 Å². The highest BCUT2D eigenvalue weighted by atomic mass is 16.7. The minimum atomic E-state index is -0.00427. The van der Waals surface area contributed by atoms with Crippen molar-refractivity contribution in [3.63, 3.8) is 0 Å². The number of benzene rings is 1. The monoisotopic (exact) mass is 274 g/mol. The van der Waals surface area contributed by atoms with Crippen LogP contribution in [0, 0.1) is 0 Å². The molecule has 5 nitrogen and oxygen atoms in total. The van der Waals surface area contributed by atoms with Crippen LogP contribution in [0.1, 0.15) is 24.0 Å². The summed E-state index contributed by atoms with van der Waals surface area (Å²) in [6, 6.07) is 4.30. The molecule has 1 aliphatic carbocycles. The molecule has 1 saturated heterocycles. The van der Waals surface area contributed by atoms with Crippen LogP contribution in [0.15, 0.2) is 12.1 Å². The molecule has 1 fully saturated rings. The molecule has 2 heterocycles. The SMILES string of the molecule is O=C(NC1Cc2cc3c(cc2C1)OCO3)C1CCCN1. The number of carbonyl (C=O) groups excluding carboxylic acids is 1. The van der Waals surface area contributed by atoms with Gasteiger partial charge in [-0.1, -0.05) is 0 Å². The molecule has 0 radical (unpaired) electrons. The van der Waals surface area contributed by atoms with Gasteiger partial charge in [-0.15, -0.1) is 0 Å². The molecule has 0 spiro atoms. The highest BCUT2D eigenvalue weighted by Gasteiger charge is 2.29. The van der Waals surface area contributed by atoms with Crippen LogP contribution in [0.4, 0.5) is 0 Å². The van der Waals surface area contributed by atoms with Crippen molar-refractivity contribution in [1.29, 1.82) is 0 Å². The summed E-state index contributed by atoms with van der Waals surface area (Å²) in [7, 11) is 0. The van der Waals surface area contributed by atoms with E-state index in [9.17, 15) is 4.79 Å². The molecule has 2 N–H and O–H groups in total. The number of nitrogens with one attached hydrogen (secondary N) is 2. The number of hydrogen-bond acceptors (Lipinski definition) is 4. The number of ether oxygens (including phenoxy) is 2. The van der Waals surface area contributed by atoms with Crippen molar-refractivity contribution in [3.8, 4) is 11.5 Å². The van der Waals surface area contributed by atoms with E-state index in [-0.39, 0.29) is 18.0 Å². The van der Waals surface area contributed by atoms with E-state index >= 15 is 0 Å². The van der Waals surface area contributed by atoms with Crippen LogP contribution in [-0.4, -0.2) is 31.3 Å². The minimum absolute atomic E-state index is 0.00427. The van der Waals surface area contributed by atoms with Crippen LogP contribution in [0.5, 0.6) is 11.5 Å². The van der Waals surface area contributed by atoms with Gasteiger partial charge in [-0.05, 0) is 55.5 Å². The third kappa shape index (κ3) is 2.02. The quantitative estimate of drug-likeness (QED) is 0.835. The average molecular weight is 274 g/mol. The Labute approximate surface area is 117 Å². The maximum Gasteiger partial charge on any atom is 0.237 e. The first kappa shape index (κ1) is 12.0. The molecule has 106 valence electrons. The third-order valence-corrected chi connectivity index (χ3v) is 4.35. The molecule has 2 aliphatic heterocycles. The van der Waals surface area contributed by atoms with Crippen LogP contribution in [-0.2, 0) is 17.6 Å². The predicted molar refractivity (Wildman–Crippen MR) is 72.9 cm³/mol. The molecule has 20 heavy (non-hydrogen) atoms. The van der Waals surface area contributed by atoms with Crippen LogP contribution in [0.25, 0.3) is 0 Å². The Balaban J connectivity index is 1.44. The Bertz CT molecular complexity index is 519. The van der Waals surface area contributed by atoms with Gasteiger partial charge in [-0.3, -0.25) is 4.79 Å². The van der Waals surface area contributed by atoms with Gasteiger partial charge < -0.3 is 20.1 Å². The average Bonchev–Trinajstić information content (AvgIpc) is 3.15. The van der Waals surface area contributed by atoms with Gasteiger partial charge in [-0.2, -0.15) is 0 Å². The van der Waals surface area contributed by atoms with Gasteiger partial charge in [0.15, 0.2) is 11.5 Å². The van der Waals surface area contributed by atoms with Gasteiger partial charge in [-0.25, -0.2) is 0 Å². The predicted octanol–water partition coefficient (Wildman–Crippen LogP) is 0.751. The van der Waals surface area contributed by atoms with Crippen LogP contribution in [0.3, 0.4) is 0 Å². The summed E-state index contributed by atoms with van der Waals surface area (Å²) in [6.45, 7) is 1.26. The van der Waals surface area contributed by atoms with Crippen molar-refractivity contribution in [3.05, 3.63) is 23.3 Å². The lowest BCUT2D eigenvalue weighted by Crippen LogP contribution is -2.45. The second-order valence-corrected chi connectivity index (χ2v) is 5.74. The summed E-state index contributed by atoms with van der Waals surface area (Å²) >= 11 is 0. The number of rotatable bonds is 2. The summed E-state index contributed by atoms with van der Waals surface area (Å²) < 4.78 is 10.8. The number of hydrogen-bond donors (Lipinski definition) is 2. The van der Waals surface area contributed by atoms with Gasteiger partial charge in [0.2, 0.25) is 12.7 Å². The lowest BCUT2D eigenvalue weighted by Gasteiger charge is -2.16. The fraction of sp³-hybridized carbons (Fsp3) is 0.533. The van der Waals surface area contributed by atoms with Gasteiger partial charge in [0.05, 0.1) is 6.04 Å². The molecule has 4 rings (SSSR count). The van der Waals surface area contributed by atoms with E-state index in [0.717, 1.165) is 43.7 Å². The van der Waals surface area contributed by atoms with Gasteiger partial charge in [0, 0.05) is 6.04 Å². The van der Waals surface area contributed by atoms with Crippen molar-refractivity contribution in [2.24, 2.45) is 0 Å². The minimum Gasteiger partial charge on any atom is -0.454 e. The first-order valence-corrected chi connectivity index (χ1v) is 7.25. The lowest BCUT2D eigenvalue weighted by molar-refractivity contribution is -0.123. The maximum atomic E-state index is 12.1. The zero-order valence-corrected chi connectivity index (χ0v) is 11.3. The Morgan fingerprint density at radius 1 is 1.20 bits per heavy atom. The molecule has 1 unspecified atom stereocenters. The van der Waals surface area contributed by atoms with Crippen LogP contribution >= 0.6 is 0 Å². The first-order valence-electron chi connectivity index (χ1n) is 7.25. The summed E-state index contributed by atoms with van der Waals surface area (Å²) in [5, 5.41) is 6.40. The summed E-state index contributed by atoms with van der Waals surface area (Å²) in [5.41, 5.74) is 2.53. The zero-order chi connectivity index (χ0) is 13.5. The number of carbonyl (C=O) groups is 1. The number of fused-ring (bicyclic) bond motifs is 2. The largest absolute Gasteiger partial charge is 0.454 e. The standard InChI is InChI=1S/C15H18N2O3/c18-15(12-2-1-3-16-12)17-11-4-9-6-13-14(20-8-19-13)7-10(9)5-11/h6-7,11-12,16H,1-5,8H2,(H,17,18). The Morgan fingerprint density at radius 2 is 1.90 bits per heavy atom. The van der Waals surface area contributed by atoms with Crippen LogP contribution < -0.4 is 20.1 Å². The van der Waals surface area contributed by atoms with E-state index in [2.05, 4.69) is 22.8 Å². The highest BCUT2D eigenvalue weighted by molar-refractivity contribution is 5.82. The van der Waals surface area contributed by atoms with Gasteiger partial charge in [0.25, 0.3) is 0 Å². The molecule has 3 aliphatic rings. The molecule has 1 aromatic rings. The Kier molecular flexibility index (Phi) is 2.80. The van der Waals surface area contributed by atoms with E-state index in [1.807, 2.05) is 0 Å². The summed E-state index contributed by atoms with van der Waals surface area (Å²) in [6.07, 6.45) is 3.79. The lowest BCUT2D eigenvalue weighted by atomic mass is 10.1. The molecule has 1 amide bonds. The Hall–Kier alpha value is -1.75. The van der Waals surface area contributed by atoms with Crippen molar-refractivity contribution in [2.75, 3.05) is 13.3 Å². The van der Waals surface area contributed by atoms with E-state index in [4.69, 9.17) is 9.47 Å². The fourth-order valence-electron chi connectivity index (χ4n) is 3.32. The second-order valence-electron chi connectivity index (χ2n) is 5.74. The zero-order valence-electron chi connectivity index (χ0n) is 11.3. The van der Waals surface area contributed by atoms with Crippen molar-refractivity contribution in [2.45, 2.75) is 37.8 Å². The second kappa shape index (κ2) is 4.66.